The Morgan fingerprint density at radius 2 is 2.00 bits per heavy atom. The molecule has 0 aromatic heterocycles. The van der Waals surface area contributed by atoms with Gasteiger partial charge in [-0.2, -0.15) is 8.78 Å². The highest BCUT2D eigenvalue weighted by molar-refractivity contribution is 4.66. The molecule has 0 bridgehead atoms. The molecule has 0 aliphatic heterocycles. The summed E-state index contributed by atoms with van der Waals surface area (Å²) in [7, 11) is 0. The van der Waals surface area contributed by atoms with Crippen molar-refractivity contribution in [1.82, 2.24) is 0 Å². The van der Waals surface area contributed by atoms with Gasteiger partial charge in [0.05, 0.1) is 0 Å². The van der Waals surface area contributed by atoms with Gasteiger partial charge < -0.3 is 0 Å². The molecule has 0 saturated carbocycles. The maximum absolute atomic E-state index is 11.8. The molecule has 0 amide bonds. The summed E-state index contributed by atoms with van der Waals surface area (Å²) in [5, 5.41) is 0. The molecule has 0 aromatic carbocycles. The zero-order valence-corrected chi connectivity index (χ0v) is 4.50. The van der Waals surface area contributed by atoms with Gasteiger partial charge in [-0.3, -0.25) is 5.73 Å². The van der Waals surface area contributed by atoms with Gasteiger partial charge in [-0.15, -0.1) is 0 Å². The van der Waals surface area contributed by atoms with Crippen molar-refractivity contribution < 1.29 is 13.2 Å². The standard InChI is InChI=1S/C4H8F3N/c1-2-3(5)4(6,7)8/h3H,2,8H2,1H3. The molecule has 1 nitrogen and oxygen atoms in total. The van der Waals surface area contributed by atoms with E-state index in [0.29, 0.717) is 0 Å². The number of rotatable bonds is 2. The summed E-state index contributed by atoms with van der Waals surface area (Å²) in [5.74, 6) is 0. The van der Waals surface area contributed by atoms with E-state index in [4.69, 9.17) is 0 Å². The normalized spacial score (nSPS) is 16.1. The quantitative estimate of drug-likeness (QED) is 0.555. The smallest absolute Gasteiger partial charge is 0.270 e. The van der Waals surface area contributed by atoms with Crippen molar-refractivity contribution in [2.75, 3.05) is 0 Å². The van der Waals surface area contributed by atoms with E-state index < -0.39 is 12.2 Å². The van der Waals surface area contributed by atoms with Crippen LogP contribution in [-0.2, 0) is 0 Å². The molecule has 8 heavy (non-hydrogen) atoms. The van der Waals surface area contributed by atoms with E-state index in [2.05, 4.69) is 5.73 Å². The highest BCUT2D eigenvalue weighted by atomic mass is 19.3. The van der Waals surface area contributed by atoms with Crippen molar-refractivity contribution in [2.24, 2.45) is 5.73 Å². The van der Waals surface area contributed by atoms with Crippen molar-refractivity contribution in [3.8, 4) is 0 Å². The fourth-order valence-corrected chi connectivity index (χ4v) is 0.272. The molecule has 2 N–H and O–H groups in total. The van der Waals surface area contributed by atoms with Crippen LogP contribution in [0.15, 0.2) is 0 Å². The molecule has 0 heterocycles. The average molecular weight is 127 g/mol. The maximum Gasteiger partial charge on any atom is 0.330 e. The molecule has 0 rings (SSSR count). The van der Waals surface area contributed by atoms with Gasteiger partial charge in [0.2, 0.25) is 0 Å². The van der Waals surface area contributed by atoms with Gasteiger partial charge in [0.25, 0.3) is 0 Å². The second-order valence-electron chi connectivity index (χ2n) is 1.55. The molecule has 0 saturated heterocycles. The van der Waals surface area contributed by atoms with Gasteiger partial charge >= 0.3 is 6.05 Å². The van der Waals surface area contributed by atoms with Crippen molar-refractivity contribution in [3.05, 3.63) is 0 Å². The first kappa shape index (κ1) is 7.75. The maximum atomic E-state index is 11.8. The van der Waals surface area contributed by atoms with Crippen LogP contribution in [0.3, 0.4) is 0 Å². The molecular weight excluding hydrogens is 119 g/mol. The number of nitrogens with two attached hydrogens (primary N) is 1. The number of halogens is 3. The van der Waals surface area contributed by atoms with Crippen LogP contribution in [0.1, 0.15) is 13.3 Å². The highest BCUT2D eigenvalue weighted by Gasteiger charge is 2.33. The Bertz CT molecular complexity index is 68.2. The predicted molar refractivity (Wildman–Crippen MR) is 24.3 cm³/mol. The Hall–Kier alpha value is -0.250. The fraction of sp³-hybridized carbons (Fsp3) is 1.00. The lowest BCUT2D eigenvalue weighted by Gasteiger charge is -2.12. The minimum atomic E-state index is -3.66. The van der Waals surface area contributed by atoms with E-state index in [0.717, 1.165) is 0 Å². The minimum Gasteiger partial charge on any atom is -0.270 e. The Morgan fingerprint density at radius 3 is 2.00 bits per heavy atom. The first-order chi connectivity index (χ1) is 3.48. The topological polar surface area (TPSA) is 26.0 Å². The monoisotopic (exact) mass is 127 g/mol. The molecule has 0 fully saturated rings. The van der Waals surface area contributed by atoms with Crippen LogP contribution >= 0.6 is 0 Å². The van der Waals surface area contributed by atoms with Gasteiger partial charge in [0, 0.05) is 0 Å². The first-order valence-electron chi connectivity index (χ1n) is 2.29. The lowest BCUT2D eigenvalue weighted by Crippen LogP contribution is -2.38. The molecule has 0 aromatic rings. The van der Waals surface area contributed by atoms with Crippen LogP contribution in [0, 0.1) is 0 Å². The zero-order chi connectivity index (χ0) is 6.78. The average Bonchev–Trinajstić information content (AvgIpc) is 1.62. The zero-order valence-electron chi connectivity index (χ0n) is 4.50. The molecular formula is C4H8F3N. The van der Waals surface area contributed by atoms with Gasteiger partial charge in [-0.25, -0.2) is 4.39 Å². The summed E-state index contributed by atoms with van der Waals surface area (Å²) >= 11 is 0. The first-order valence-corrected chi connectivity index (χ1v) is 2.29. The third kappa shape index (κ3) is 2.16. The molecule has 0 aliphatic carbocycles. The van der Waals surface area contributed by atoms with Gasteiger partial charge in [0.1, 0.15) is 0 Å². The van der Waals surface area contributed by atoms with Crippen LogP contribution in [0.25, 0.3) is 0 Å². The Balaban J connectivity index is 3.62. The summed E-state index contributed by atoms with van der Waals surface area (Å²) in [5.41, 5.74) is 4.08. The summed E-state index contributed by atoms with van der Waals surface area (Å²) < 4.78 is 34.8. The van der Waals surface area contributed by atoms with Gasteiger partial charge in [-0.05, 0) is 6.42 Å². The highest BCUT2D eigenvalue weighted by Crippen LogP contribution is 2.16. The van der Waals surface area contributed by atoms with Gasteiger partial charge in [-0.1, -0.05) is 6.92 Å². The largest absolute Gasteiger partial charge is 0.330 e. The SMILES string of the molecule is CCC(F)C(N)(F)F. The van der Waals surface area contributed by atoms with E-state index in [1.807, 2.05) is 0 Å². The summed E-state index contributed by atoms with van der Waals surface area (Å²) in [4.78, 5) is 0. The molecule has 4 heteroatoms. The summed E-state index contributed by atoms with van der Waals surface area (Å²) in [6.45, 7) is 1.31. The van der Waals surface area contributed by atoms with E-state index in [9.17, 15) is 13.2 Å². The number of hydrogen-bond acceptors (Lipinski definition) is 1. The van der Waals surface area contributed by atoms with Crippen LogP contribution in [-0.4, -0.2) is 12.2 Å². The molecule has 1 unspecified atom stereocenters. The van der Waals surface area contributed by atoms with Crippen molar-refractivity contribution >= 4 is 0 Å². The predicted octanol–water partition coefficient (Wildman–Crippen LogP) is 1.29. The van der Waals surface area contributed by atoms with Crippen molar-refractivity contribution in [1.29, 1.82) is 0 Å². The number of alkyl halides is 3. The second kappa shape index (κ2) is 2.35. The Morgan fingerprint density at radius 1 is 1.62 bits per heavy atom. The van der Waals surface area contributed by atoms with E-state index in [1.165, 1.54) is 6.92 Å². The lowest BCUT2D eigenvalue weighted by molar-refractivity contribution is -0.0673. The van der Waals surface area contributed by atoms with E-state index >= 15 is 0 Å². The van der Waals surface area contributed by atoms with Gasteiger partial charge in [0.15, 0.2) is 6.17 Å². The Labute approximate surface area is 45.7 Å². The third-order valence-corrected chi connectivity index (χ3v) is 0.776. The van der Waals surface area contributed by atoms with E-state index in [1.54, 1.807) is 0 Å². The van der Waals surface area contributed by atoms with E-state index in [-0.39, 0.29) is 6.42 Å². The third-order valence-electron chi connectivity index (χ3n) is 0.776. The Kier molecular flexibility index (Phi) is 2.27. The molecule has 0 spiro atoms. The van der Waals surface area contributed by atoms with Crippen molar-refractivity contribution in [2.45, 2.75) is 25.6 Å². The fourth-order valence-electron chi connectivity index (χ4n) is 0.272. The molecule has 1 atom stereocenters. The molecule has 0 aliphatic rings. The summed E-state index contributed by atoms with van der Waals surface area (Å²) in [6, 6.07) is -3.66. The molecule has 50 valence electrons. The molecule has 0 radical (unpaired) electrons. The lowest BCUT2D eigenvalue weighted by atomic mass is 10.3. The van der Waals surface area contributed by atoms with Crippen LogP contribution in [0.4, 0.5) is 13.2 Å². The van der Waals surface area contributed by atoms with Crippen LogP contribution < -0.4 is 5.73 Å². The van der Waals surface area contributed by atoms with Crippen LogP contribution in [0.5, 0.6) is 0 Å². The van der Waals surface area contributed by atoms with Crippen molar-refractivity contribution in [3.63, 3.8) is 0 Å². The van der Waals surface area contributed by atoms with Crippen LogP contribution in [0.2, 0.25) is 0 Å². The second-order valence-corrected chi connectivity index (χ2v) is 1.55. The number of hydrogen-bond donors (Lipinski definition) is 1. The summed E-state index contributed by atoms with van der Waals surface area (Å²) in [6.07, 6.45) is -2.45. The minimum absolute atomic E-state index is 0.247.